The molecule has 0 aliphatic rings. The maximum atomic E-state index is 13.1. The minimum Gasteiger partial charge on any atom is -0.489 e. The number of rotatable bonds is 13. The van der Waals surface area contributed by atoms with Gasteiger partial charge in [0, 0.05) is 37.7 Å². The van der Waals surface area contributed by atoms with Gasteiger partial charge in [0.25, 0.3) is 0 Å². The van der Waals surface area contributed by atoms with Crippen molar-refractivity contribution in [3.05, 3.63) is 70.6 Å². The van der Waals surface area contributed by atoms with E-state index < -0.39 is 7.82 Å². The first kappa shape index (κ1) is 29.7. The fourth-order valence-corrected chi connectivity index (χ4v) is 4.66. The van der Waals surface area contributed by atoms with Gasteiger partial charge in [-0.3, -0.25) is 14.1 Å². The number of phosphoric acid groups is 1. The summed E-state index contributed by atoms with van der Waals surface area (Å²) in [4.78, 5) is 47.3. The molecule has 38 heavy (non-hydrogen) atoms. The zero-order valence-corrected chi connectivity index (χ0v) is 23.4. The third-order valence-electron chi connectivity index (χ3n) is 5.84. The molecule has 3 rings (SSSR count). The minimum atomic E-state index is -4.62. The topological polar surface area (TPSA) is 128 Å². The van der Waals surface area contributed by atoms with Crippen molar-refractivity contribution in [3.63, 3.8) is 0 Å². The lowest BCUT2D eigenvalue weighted by molar-refractivity contribution is 0.0951. The number of nitrogens with zero attached hydrogens (tertiary/aromatic N) is 2. The average Bonchev–Trinajstić information content (AvgIpc) is 3.21. The number of hydrogen-bond acceptors (Lipinski definition) is 6. The van der Waals surface area contributed by atoms with Crippen molar-refractivity contribution >= 4 is 31.0 Å². The summed E-state index contributed by atoms with van der Waals surface area (Å²) in [6, 6.07) is 12.5. The Hall–Kier alpha value is -2.81. The van der Waals surface area contributed by atoms with Gasteiger partial charge in [-0.2, -0.15) is 0 Å². The van der Waals surface area contributed by atoms with E-state index in [-0.39, 0.29) is 43.0 Å². The average molecular weight is 563 g/mol. The molecule has 11 heteroatoms. The van der Waals surface area contributed by atoms with Gasteiger partial charge in [0.1, 0.15) is 5.75 Å². The fraction of sp³-hybridized carbons (Fsp3) is 0.370. The highest BCUT2D eigenvalue weighted by molar-refractivity contribution is 7.46. The van der Waals surface area contributed by atoms with Crippen LogP contribution in [0.5, 0.6) is 5.75 Å². The molecule has 0 saturated heterocycles. The van der Waals surface area contributed by atoms with Gasteiger partial charge < -0.3 is 19.1 Å². The maximum Gasteiger partial charge on any atom is 0.469 e. The molecule has 1 heterocycles. The van der Waals surface area contributed by atoms with E-state index in [1.165, 1.54) is 6.92 Å². The summed E-state index contributed by atoms with van der Waals surface area (Å²) >= 11 is 6.30. The Bertz CT molecular complexity index is 1330. The normalized spacial score (nSPS) is 12.5. The van der Waals surface area contributed by atoms with Crippen LogP contribution in [0.3, 0.4) is 0 Å². The van der Waals surface area contributed by atoms with Crippen LogP contribution in [0.4, 0.5) is 0 Å². The summed E-state index contributed by atoms with van der Waals surface area (Å²) in [6.45, 7) is 5.04. The standard InChI is InChI=1S/C27H32ClN2O7P/c1-17(2)37-26-10-9-22(15-23(26)28)25(32)14-20(11-12-36-38(33,34)35)13-19-5-7-21(8-6-19)24-16-30(4)27(29-24)18(3)31/h5-10,15-17,20H,11-14H2,1-4H3,(H2,33,34,35). The van der Waals surface area contributed by atoms with Gasteiger partial charge in [-0.15, -0.1) is 0 Å². The van der Waals surface area contributed by atoms with Gasteiger partial charge in [-0.05, 0) is 56.4 Å². The maximum absolute atomic E-state index is 13.1. The molecule has 0 saturated carbocycles. The highest BCUT2D eigenvalue weighted by atomic mass is 35.5. The lowest BCUT2D eigenvalue weighted by Crippen LogP contribution is -2.14. The zero-order chi connectivity index (χ0) is 28.0. The Morgan fingerprint density at radius 3 is 2.37 bits per heavy atom. The van der Waals surface area contributed by atoms with Crippen molar-refractivity contribution in [3.8, 4) is 17.0 Å². The second-order valence-corrected chi connectivity index (χ2v) is 11.1. The minimum absolute atomic E-state index is 0.0623. The Morgan fingerprint density at radius 2 is 1.82 bits per heavy atom. The number of carbonyl (C=O) groups is 2. The summed E-state index contributed by atoms with van der Waals surface area (Å²) < 4.78 is 23.1. The Balaban J connectivity index is 1.75. The van der Waals surface area contributed by atoms with Crippen molar-refractivity contribution in [1.29, 1.82) is 0 Å². The number of carbonyl (C=O) groups excluding carboxylic acids is 2. The number of aromatic nitrogens is 2. The summed E-state index contributed by atoms with van der Waals surface area (Å²) in [5.41, 5.74) is 2.88. The number of ketones is 2. The monoisotopic (exact) mass is 562 g/mol. The van der Waals surface area contributed by atoms with E-state index in [2.05, 4.69) is 9.51 Å². The smallest absolute Gasteiger partial charge is 0.469 e. The number of aryl methyl sites for hydroxylation is 1. The lowest BCUT2D eigenvalue weighted by atomic mass is 9.89. The van der Waals surface area contributed by atoms with Crippen molar-refractivity contribution in [1.82, 2.24) is 9.55 Å². The molecule has 0 aliphatic carbocycles. The predicted molar refractivity (Wildman–Crippen MR) is 145 cm³/mol. The van der Waals surface area contributed by atoms with E-state index in [1.54, 1.807) is 36.0 Å². The predicted octanol–water partition coefficient (Wildman–Crippen LogP) is 5.66. The van der Waals surface area contributed by atoms with Crippen LogP contribution in [0.15, 0.2) is 48.7 Å². The van der Waals surface area contributed by atoms with Crippen LogP contribution in [0.2, 0.25) is 5.02 Å². The molecular weight excluding hydrogens is 531 g/mol. The van der Waals surface area contributed by atoms with E-state index in [1.807, 2.05) is 38.1 Å². The molecule has 0 aliphatic heterocycles. The van der Waals surface area contributed by atoms with E-state index >= 15 is 0 Å². The van der Waals surface area contributed by atoms with E-state index in [9.17, 15) is 14.2 Å². The van der Waals surface area contributed by atoms with Crippen LogP contribution in [-0.4, -0.2) is 43.6 Å². The van der Waals surface area contributed by atoms with Crippen LogP contribution >= 0.6 is 19.4 Å². The lowest BCUT2D eigenvalue weighted by Gasteiger charge is -2.18. The molecule has 0 radical (unpaired) electrons. The molecule has 0 bridgehead atoms. The van der Waals surface area contributed by atoms with Gasteiger partial charge in [-0.25, -0.2) is 9.55 Å². The number of benzene rings is 2. The number of halogens is 1. The Kier molecular flexibility index (Phi) is 10.0. The second-order valence-electron chi connectivity index (χ2n) is 9.44. The molecule has 1 aromatic heterocycles. The van der Waals surface area contributed by atoms with Gasteiger partial charge in [0.2, 0.25) is 0 Å². The number of phosphoric ester groups is 1. The molecule has 9 nitrogen and oxygen atoms in total. The highest BCUT2D eigenvalue weighted by Gasteiger charge is 2.21. The first-order valence-corrected chi connectivity index (χ1v) is 14.1. The molecule has 0 spiro atoms. The van der Waals surface area contributed by atoms with Crippen molar-refractivity contribution in [2.24, 2.45) is 13.0 Å². The van der Waals surface area contributed by atoms with Crippen molar-refractivity contribution in [2.45, 2.75) is 46.1 Å². The second kappa shape index (κ2) is 12.8. The van der Waals surface area contributed by atoms with Crippen molar-refractivity contribution < 1.29 is 33.2 Å². The first-order chi connectivity index (χ1) is 17.8. The van der Waals surface area contributed by atoms with Crippen LogP contribution in [0, 0.1) is 5.92 Å². The molecule has 0 fully saturated rings. The van der Waals surface area contributed by atoms with Gasteiger partial charge >= 0.3 is 7.82 Å². The largest absolute Gasteiger partial charge is 0.489 e. The number of Topliss-reactive ketones (excluding diaryl/α,β-unsaturated/α-hetero) is 2. The van der Waals surface area contributed by atoms with E-state index in [0.717, 1.165) is 11.1 Å². The highest BCUT2D eigenvalue weighted by Crippen LogP contribution is 2.36. The summed E-state index contributed by atoms with van der Waals surface area (Å²) in [7, 11) is -2.85. The SMILES string of the molecule is CC(=O)c1nc(-c2ccc(CC(CCOP(=O)(O)O)CC(=O)c3ccc(OC(C)C)c(Cl)c3)cc2)cn1C. The Morgan fingerprint density at radius 1 is 1.13 bits per heavy atom. The summed E-state index contributed by atoms with van der Waals surface area (Å²) in [5.74, 6) is 0.351. The number of ether oxygens (including phenoxy) is 1. The van der Waals surface area contributed by atoms with Crippen LogP contribution in [-0.2, 0) is 22.6 Å². The summed E-state index contributed by atoms with van der Waals surface area (Å²) in [5, 5.41) is 0.337. The third kappa shape index (κ3) is 8.61. The van der Waals surface area contributed by atoms with Crippen LogP contribution in [0.1, 0.15) is 60.2 Å². The number of hydrogen-bond donors (Lipinski definition) is 2. The van der Waals surface area contributed by atoms with Gasteiger partial charge in [0.15, 0.2) is 17.4 Å². The molecule has 0 amide bonds. The quantitative estimate of drug-likeness (QED) is 0.202. The molecular formula is C27H32ClN2O7P. The van der Waals surface area contributed by atoms with Gasteiger partial charge in [-0.1, -0.05) is 35.9 Å². The molecule has 3 aromatic rings. The molecule has 1 unspecified atom stereocenters. The molecule has 1 atom stereocenters. The molecule has 204 valence electrons. The van der Waals surface area contributed by atoms with Crippen molar-refractivity contribution in [2.75, 3.05) is 6.61 Å². The van der Waals surface area contributed by atoms with E-state index in [0.29, 0.717) is 34.3 Å². The summed E-state index contributed by atoms with van der Waals surface area (Å²) in [6.07, 6.45) is 2.61. The Labute approximate surface area is 227 Å². The first-order valence-electron chi connectivity index (χ1n) is 12.2. The zero-order valence-electron chi connectivity index (χ0n) is 21.8. The number of imidazole rings is 1. The van der Waals surface area contributed by atoms with Gasteiger partial charge in [0.05, 0.1) is 23.4 Å². The molecule has 2 aromatic carbocycles. The molecule has 2 N–H and O–H groups in total. The van der Waals surface area contributed by atoms with Crippen LogP contribution in [0.25, 0.3) is 11.3 Å². The van der Waals surface area contributed by atoms with E-state index in [4.69, 9.17) is 26.1 Å². The fourth-order valence-electron chi connectivity index (χ4n) is 4.10. The third-order valence-corrected chi connectivity index (χ3v) is 6.66. The van der Waals surface area contributed by atoms with Crippen LogP contribution < -0.4 is 4.74 Å².